The lowest BCUT2D eigenvalue weighted by Gasteiger charge is -2.21. The molecule has 0 spiro atoms. The first-order valence-electron chi connectivity index (χ1n) is 21.6. The molecule has 2 heterocycles. The number of fused-ring (bicyclic) bond motifs is 8. The van der Waals surface area contributed by atoms with Gasteiger partial charge in [-0.1, -0.05) is 48.5 Å². The maximum absolute atomic E-state index is 14.1. The van der Waals surface area contributed by atoms with Gasteiger partial charge in [-0.05, 0) is 153 Å². The molecular formula is C56H26F12N4. The normalized spacial score (nSPS) is 12.7. The molecule has 11 aromatic rings. The Kier molecular flexibility index (Phi) is 10.1. The summed E-state index contributed by atoms with van der Waals surface area (Å²) in [7, 11) is 0. The van der Waals surface area contributed by atoms with Gasteiger partial charge in [0.05, 0.1) is 62.5 Å². The molecule has 0 aliphatic heterocycles. The highest BCUT2D eigenvalue weighted by Gasteiger charge is 2.35. The molecule has 0 aliphatic rings. The minimum absolute atomic E-state index is 0.0837. The van der Waals surface area contributed by atoms with Crippen LogP contribution in [0.5, 0.6) is 0 Å². The number of nitriles is 1. The van der Waals surface area contributed by atoms with Crippen molar-refractivity contribution in [3.8, 4) is 39.7 Å². The van der Waals surface area contributed by atoms with E-state index < -0.39 is 47.0 Å². The highest BCUT2D eigenvalue weighted by atomic mass is 19.4. The van der Waals surface area contributed by atoms with Crippen LogP contribution in [0.1, 0.15) is 27.8 Å². The molecular weight excluding hydrogens is 957 g/mol. The fraction of sp³-hybridized carbons (Fsp3) is 0.0714. The van der Waals surface area contributed by atoms with Crippen LogP contribution in [0.4, 0.5) is 58.4 Å². The summed E-state index contributed by atoms with van der Waals surface area (Å²) >= 11 is 0. The SMILES string of the molecule is [C-]#[N+]c1ccc(-c2c3ccc(-n4c5ccc(C(F)(F)F)cc5c5cc(C(F)(F)F)ccc54)cc3c(-c3ccc(C#N)cc3)c3ccc(-n4c5ccc(C(F)(F)F)cc5c5cc(C(F)(F)F)ccc54)cc23)cc1. The molecule has 0 bridgehead atoms. The van der Waals surface area contributed by atoms with E-state index >= 15 is 0 Å². The van der Waals surface area contributed by atoms with Gasteiger partial charge >= 0.3 is 24.7 Å². The lowest BCUT2D eigenvalue weighted by molar-refractivity contribution is -0.138. The van der Waals surface area contributed by atoms with Gasteiger partial charge in [-0.25, -0.2) is 4.85 Å². The van der Waals surface area contributed by atoms with Crippen LogP contribution in [-0.2, 0) is 24.7 Å². The van der Waals surface area contributed by atoms with Crippen molar-refractivity contribution in [3.63, 3.8) is 0 Å². The smallest absolute Gasteiger partial charge is 0.309 e. The van der Waals surface area contributed by atoms with Crippen LogP contribution in [-0.4, -0.2) is 9.13 Å². The van der Waals surface area contributed by atoms with Crippen molar-refractivity contribution in [2.24, 2.45) is 0 Å². The number of hydrogen-bond donors (Lipinski definition) is 0. The Morgan fingerprint density at radius 1 is 0.361 bits per heavy atom. The van der Waals surface area contributed by atoms with Crippen molar-refractivity contribution < 1.29 is 52.7 Å². The molecule has 11 rings (SSSR count). The number of benzene rings is 9. The average molecular weight is 983 g/mol. The van der Waals surface area contributed by atoms with Crippen LogP contribution in [0.3, 0.4) is 0 Å². The monoisotopic (exact) mass is 982 g/mol. The number of aromatic nitrogens is 2. The highest BCUT2D eigenvalue weighted by Crippen LogP contribution is 2.48. The van der Waals surface area contributed by atoms with Crippen LogP contribution in [0, 0.1) is 17.9 Å². The lowest BCUT2D eigenvalue weighted by Crippen LogP contribution is -2.04. The van der Waals surface area contributed by atoms with Gasteiger partial charge in [0.25, 0.3) is 0 Å². The quantitative estimate of drug-likeness (QED) is 0.0984. The molecule has 0 fully saturated rings. The van der Waals surface area contributed by atoms with Crippen molar-refractivity contribution in [3.05, 3.63) is 197 Å². The van der Waals surface area contributed by atoms with E-state index in [2.05, 4.69) is 10.9 Å². The zero-order chi connectivity index (χ0) is 50.8. The molecule has 0 radical (unpaired) electrons. The Morgan fingerprint density at radius 3 is 0.972 bits per heavy atom. The number of nitrogens with zero attached hydrogens (tertiary/aromatic N) is 4. The number of rotatable bonds is 4. The van der Waals surface area contributed by atoms with Crippen molar-refractivity contribution >= 4 is 70.8 Å². The topological polar surface area (TPSA) is 38.0 Å². The van der Waals surface area contributed by atoms with Crippen LogP contribution >= 0.6 is 0 Å². The lowest BCUT2D eigenvalue weighted by atomic mass is 9.85. The van der Waals surface area contributed by atoms with Crippen molar-refractivity contribution in [1.29, 1.82) is 5.26 Å². The zero-order valence-electron chi connectivity index (χ0n) is 36.3. The first-order valence-corrected chi connectivity index (χ1v) is 21.6. The largest absolute Gasteiger partial charge is 0.416 e. The van der Waals surface area contributed by atoms with Gasteiger partial charge in [-0.3, -0.25) is 0 Å². The van der Waals surface area contributed by atoms with E-state index in [1.807, 2.05) is 0 Å². The van der Waals surface area contributed by atoms with Gasteiger partial charge in [0.15, 0.2) is 5.69 Å². The number of alkyl halides is 12. The molecule has 0 unspecified atom stereocenters. The minimum atomic E-state index is -4.82. The first kappa shape index (κ1) is 45.7. The van der Waals surface area contributed by atoms with Gasteiger partial charge in [0.1, 0.15) is 0 Å². The third kappa shape index (κ3) is 7.40. The highest BCUT2D eigenvalue weighted by molar-refractivity contribution is 6.23. The molecule has 0 aliphatic carbocycles. The van der Waals surface area contributed by atoms with E-state index in [1.54, 1.807) is 94.1 Å². The zero-order valence-corrected chi connectivity index (χ0v) is 36.3. The van der Waals surface area contributed by atoms with E-state index in [4.69, 9.17) is 6.57 Å². The van der Waals surface area contributed by atoms with Crippen molar-refractivity contribution in [2.75, 3.05) is 0 Å². The predicted octanol–water partition coefficient (Wildman–Crippen LogP) is 18.0. The van der Waals surface area contributed by atoms with Crippen LogP contribution in [0.2, 0.25) is 0 Å². The summed E-state index contributed by atoms with van der Waals surface area (Å²) in [5.74, 6) is 0. The molecule has 354 valence electrons. The fourth-order valence-electron chi connectivity index (χ4n) is 9.83. The predicted molar refractivity (Wildman–Crippen MR) is 252 cm³/mol. The Labute approximate surface area is 398 Å². The van der Waals surface area contributed by atoms with E-state index in [0.717, 1.165) is 48.5 Å². The molecule has 4 nitrogen and oxygen atoms in total. The molecule has 0 amide bonds. The molecule has 0 N–H and O–H groups in total. The van der Waals surface area contributed by atoms with Crippen LogP contribution in [0.15, 0.2) is 158 Å². The molecule has 0 saturated heterocycles. The Balaban J connectivity index is 1.25. The number of halogens is 12. The van der Waals surface area contributed by atoms with Crippen LogP contribution < -0.4 is 0 Å². The molecule has 0 saturated carbocycles. The van der Waals surface area contributed by atoms with E-state index in [1.165, 1.54) is 24.3 Å². The van der Waals surface area contributed by atoms with E-state index in [9.17, 15) is 57.9 Å². The second-order valence-electron chi connectivity index (χ2n) is 17.1. The summed E-state index contributed by atoms with van der Waals surface area (Å²) in [6.45, 7) is 7.62. The fourth-order valence-corrected chi connectivity index (χ4v) is 9.83. The third-order valence-corrected chi connectivity index (χ3v) is 13.0. The maximum Gasteiger partial charge on any atom is 0.416 e. The Morgan fingerprint density at radius 2 is 0.681 bits per heavy atom. The van der Waals surface area contributed by atoms with E-state index in [0.29, 0.717) is 66.4 Å². The summed E-state index contributed by atoms with van der Waals surface area (Å²) in [6, 6.07) is 37.1. The Hall–Kier alpha value is -8.76. The van der Waals surface area contributed by atoms with Gasteiger partial charge in [-0.15, -0.1) is 0 Å². The van der Waals surface area contributed by atoms with Crippen molar-refractivity contribution in [1.82, 2.24) is 9.13 Å². The minimum Gasteiger partial charge on any atom is -0.309 e. The maximum atomic E-state index is 14.1. The third-order valence-electron chi connectivity index (χ3n) is 13.0. The second-order valence-corrected chi connectivity index (χ2v) is 17.1. The molecule has 9 aromatic carbocycles. The van der Waals surface area contributed by atoms with Gasteiger partial charge < -0.3 is 9.13 Å². The van der Waals surface area contributed by atoms with Crippen molar-refractivity contribution in [2.45, 2.75) is 24.7 Å². The summed E-state index contributed by atoms with van der Waals surface area (Å²) in [5, 5.41) is 11.6. The standard InChI is InChI=1S/C56H26F12N4/c1-70-36-12-6-31(7-13-36)52-40-17-15-37(71-47-18-8-32(53(57,58)59)22-41(47)42-23-33(54(60,61)62)9-19-48(42)71)26-45(40)51(30-4-2-29(28-69)3-5-30)39-16-14-38(27-46(39)52)72-49-20-10-34(55(63,64)65)24-43(49)44-25-35(56(66,67)68)11-21-50(44)72/h2-27H. The van der Waals surface area contributed by atoms with E-state index in [-0.39, 0.29) is 43.6 Å². The molecule has 16 heteroatoms. The van der Waals surface area contributed by atoms with Crippen LogP contribution in [0.25, 0.3) is 104 Å². The number of hydrogen-bond acceptors (Lipinski definition) is 1. The summed E-state index contributed by atoms with van der Waals surface area (Å²) in [4.78, 5) is 3.53. The average Bonchev–Trinajstić information content (AvgIpc) is 3.86. The first-order chi connectivity index (χ1) is 34.1. The van der Waals surface area contributed by atoms with Gasteiger partial charge in [0, 0.05) is 32.9 Å². The summed E-state index contributed by atoms with van der Waals surface area (Å²) in [5.41, 5.74) is 0.0508. The molecule has 72 heavy (non-hydrogen) atoms. The summed E-state index contributed by atoms with van der Waals surface area (Å²) in [6.07, 6.45) is -19.3. The van der Waals surface area contributed by atoms with Gasteiger partial charge in [0.2, 0.25) is 0 Å². The van der Waals surface area contributed by atoms with Gasteiger partial charge in [-0.2, -0.15) is 57.9 Å². The molecule has 0 atom stereocenters. The molecule has 2 aromatic heterocycles. The Bertz CT molecular complexity index is 3750. The summed E-state index contributed by atoms with van der Waals surface area (Å²) < 4.78 is 173. The second kappa shape index (κ2) is 15.9.